The molecule has 0 unspecified atom stereocenters. The van der Waals surface area contributed by atoms with E-state index in [-0.39, 0.29) is 0 Å². The summed E-state index contributed by atoms with van der Waals surface area (Å²) in [5.41, 5.74) is 1.09. The molecule has 5 heteroatoms. The fraction of sp³-hybridized carbons (Fsp3) is 0.333. The molecule has 1 aromatic heterocycles. The second-order valence-electron chi connectivity index (χ2n) is 4.84. The van der Waals surface area contributed by atoms with Gasteiger partial charge >= 0.3 is 0 Å². The maximum Gasteiger partial charge on any atom is 0.131 e. The van der Waals surface area contributed by atoms with Crippen molar-refractivity contribution >= 4 is 18.0 Å². The molecule has 2 rings (SSSR count). The Balaban J connectivity index is 2.16. The van der Waals surface area contributed by atoms with Gasteiger partial charge in [-0.1, -0.05) is 44.3 Å². The van der Waals surface area contributed by atoms with Gasteiger partial charge in [-0.25, -0.2) is 4.98 Å². The smallest absolute Gasteiger partial charge is 0.131 e. The van der Waals surface area contributed by atoms with Crippen LogP contribution in [0.5, 0.6) is 5.75 Å². The summed E-state index contributed by atoms with van der Waals surface area (Å²) < 4.78 is 5.93. The number of nitrogens with one attached hydrogen (secondary N) is 2. The number of rotatable bonds is 5. The minimum Gasteiger partial charge on any atom is -0.496 e. The van der Waals surface area contributed by atoms with Crippen LogP contribution in [-0.4, -0.2) is 17.1 Å². The molecule has 2 aromatic rings. The van der Waals surface area contributed by atoms with Crippen molar-refractivity contribution in [3.8, 4) is 5.75 Å². The van der Waals surface area contributed by atoms with E-state index in [1.54, 1.807) is 7.11 Å². The van der Waals surface area contributed by atoms with Crippen LogP contribution in [0, 0.1) is 4.64 Å². The van der Waals surface area contributed by atoms with Crippen LogP contribution in [0.3, 0.4) is 0 Å². The molecule has 0 aliphatic heterocycles. The Morgan fingerprint density at radius 1 is 1.35 bits per heavy atom. The predicted octanol–water partition coefficient (Wildman–Crippen LogP) is 3.88. The van der Waals surface area contributed by atoms with Crippen molar-refractivity contribution < 1.29 is 4.74 Å². The highest BCUT2D eigenvalue weighted by molar-refractivity contribution is 7.71. The number of methoxy groups -OCH3 is 1. The molecule has 4 nitrogen and oxygen atoms in total. The summed E-state index contributed by atoms with van der Waals surface area (Å²) in [4.78, 5) is 7.58. The van der Waals surface area contributed by atoms with E-state index in [0.717, 1.165) is 23.0 Å². The summed E-state index contributed by atoms with van der Waals surface area (Å²) in [7, 11) is 1.68. The number of aromatic amines is 1. The van der Waals surface area contributed by atoms with E-state index in [1.165, 1.54) is 0 Å². The van der Waals surface area contributed by atoms with E-state index in [9.17, 15) is 0 Å². The van der Waals surface area contributed by atoms with Crippen molar-refractivity contribution in [3.63, 3.8) is 0 Å². The van der Waals surface area contributed by atoms with Gasteiger partial charge in [0.2, 0.25) is 0 Å². The van der Waals surface area contributed by atoms with Gasteiger partial charge in [-0.3, -0.25) is 0 Å². The van der Waals surface area contributed by atoms with Crippen molar-refractivity contribution in [2.45, 2.75) is 26.3 Å². The fourth-order valence-electron chi connectivity index (χ4n) is 1.88. The molecule has 0 bridgehead atoms. The van der Waals surface area contributed by atoms with Crippen LogP contribution < -0.4 is 10.1 Å². The molecule has 0 atom stereocenters. The Morgan fingerprint density at radius 2 is 2.10 bits per heavy atom. The lowest BCUT2D eigenvalue weighted by molar-refractivity contribution is 0.410. The summed E-state index contributed by atoms with van der Waals surface area (Å²) in [6.07, 6.45) is 0. The number of benzene rings is 1. The van der Waals surface area contributed by atoms with E-state index in [0.29, 0.717) is 17.1 Å². The monoisotopic (exact) mass is 289 g/mol. The molecule has 106 valence electrons. The van der Waals surface area contributed by atoms with Crippen LogP contribution in [0.1, 0.15) is 31.2 Å². The summed E-state index contributed by atoms with van der Waals surface area (Å²) in [5, 5.41) is 3.33. The van der Waals surface area contributed by atoms with Crippen molar-refractivity contribution in [1.82, 2.24) is 9.97 Å². The Bertz CT molecular complexity index is 637. The highest BCUT2D eigenvalue weighted by Gasteiger charge is 2.05. The van der Waals surface area contributed by atoms with Gasteiger partial charge in [0.25, 0.3) is 0 Å². The molecule has 1 aromatic carbocycles. The van der Waals surface area contributed by atoms with E-state index < -0.39 is 0 Å². The Morgan fingerprint density at radius 3 is 2.80 bits per heavy atom. The standard InChI is InChI=1S/C15H19N3OS/c1-10(2)15-17-13(8-14(20)18-15)16-9-11-6-4-5-7-12(11)19-3/h4-8,10H,9H2,1-3H3,(H2,16,17,18,20). The molecular weight excluding hydrogens is 270 g/mol. The number of hydrogen-bond donors (Lipinski definition) is 2. The minimum atomic E-state index is 0.310. The third-order valence-electron chi connectivity index (χ3n) is 2.97. The molecule has 0 amide bonds. The first-order chi connectivity index (χ1) is 9.60. The number of para-hydroxylation sites is 1. The van der Waals surface area contributed by atoms with Gasteiger partial charge in [0.05, 0.1) is 7.11 Å². The molecule has 0 saturated carbocycles. The third-order valence-corrected chi connectivity index (χ3v) is 3.18. The summed E-state index contributed by atoms with van der Waals surface area (Å²) in [5.74, 6) is 2.95. The van der Waals surface area contributed by atoms with Gasteiger partial charge in [0.15, 0.2) is 0 Å². The van der Waals surface area contributed by atoms with Gasteiger partial charge < -0.3 is 15.0 Å². The Labute approximate surface area is 124 Å². The molecule has 0 aliphatic rings. The van der Waals surface area contributed by atoms with E-state index in [1.807, 2.05) is 30.3 Å². The molecule has 0 saturated heterocycles. The van der Waals surface area contributed by atoms with Gasteiger partial charge in [0, 0.05) is 24.1 Å². The van der Waals surface area contributed by atoms with Crippen molar-refractivity contribution in [2.24, 2.45) is 0 Å². The number of nitrogens with zero attached hydrogens (tertiary/aromatic N) is 1. The zero-order valence-electron chi connectivity index (χ0n) is 11.9. The zero-order chi connectivity index (χ0) is 14.5. The van der Waals surface area contributed by atoms with E-state index in [4.69, 9.17) is 17.0 Å². The lowest BCUT2D eigenvalue weighted by Crippen LogP contribution is -2.06. The van der Waals surface area contributed by atoms with E-state index in [2.05, 4.69) is 29.1 Å². The molecule has 0 fully saturated rings. The summed E-state index contributed by atoms with van der Waals surface area (Å²) in [6.45, 7) is 4.83. The second kappa shape index (κ2) is 6.52. The van der Waals surface area contributed by atoms with Gasteiger partial charge in [-0.2, -0.15) is 0 Å². The largest absolute Gasteiger partial charge is 0.496 e. The molecule has 0 spiro atoms. The lowest BCUT2D eigenvalue weighted by atomic mass is 10.2. The van der Waals surface area contributed by atoms with Crippen LogP contribution in [0.4, 0.5) is 5.82 Å². The molecular formula is C15H19N3OS. The van der Waals surface area contributed by atoms with Crippen molar-refractivity contribution in [2.75, 3.05) is 12.4 Å². The molecule has 20 heavy (non-hydrogen) atoms. The SMILES string of the molecule is COc1ccccc1CNc1cc(=S)nc(C(C)C)[nH]1. The molecule has 1 heterocycles. The Hall–Kier alpha value is -1.88. The third kappa shape index (κ3) is 3.57. The van der Waals surface area contributed by atoms with Crippen molar-refractivity contribution in [3.05, 3.63) is 46.4 Å². The van der Waals surface area contributed by atoms with Crippen molar-refractivity contribution in [1.29, 1.82) is 0 Å². The number of hydrogen-bond acceptors (Lipinski definition) is 4. The topological polar surface area (TPSA) is 49.9 Å². The van der Waals surface area contributed by atoms with Crippen LogP contribution in [0.15, 0.2) is 30.3 Å². The highest BCUT2D eigenvalue weighted by Crippen LogP contribution is 2.19. The number of ether oxygens (including phenoxy) is 1. The average Bonchev–Trinajstić information content (AvgIpc) is 2.44. The number of H-pyrrole nitrogens is 1. The lowest BCUT2D eigenvalue weighted by Gasteiger charge is -2.12. The average molecular weight is 289 g/mol. The van der Waals surface area contributed by atoms with Gasteiger partial charge in [0.1, 0.15) is 22.0 Å². The molecule has 0 radical (unpaired) electrons. The maximum absolute atomic E-state index is 5.34. The number of aromatic nitrogens is 2. The molecule has 2 N–H and O–H groups in total. The van der Waals surface area contributed by atoms with Crippen LogP contribution in [-0.2, 0) is 6.54 Å². The molecule has 0 aliphatic carbocycles. The zero-order valence-corrected chi connectivity index (χ0v) is 12.8. The van der Waals surface area contributed by atoms with Crippen LogP contribution >= 0.6 is 12.2 Å². The van der Waals surface area contributed by atoms with Gasteiger partial charge in [-0.15, -0.1) is 0 Å². The Kier molecular flexibility index (Phi) is 4.74. The first kappa shape index (κ1) is 14.5. The highest BCUT2D eigenvalue weighted by atomic mass is 32.1. The minimum absolute atomic E-state index is 0.310. The second-order valence-corrected chi connectivity index (χ2v) is 5.26. The van der Waals surface area contributed by atoms with Gasteiger partial charge in [-0.05, 0) is 6.07 Å². The normalized spacial score (nSPS) is 10.6. The number of anilines is 1. The van der Waals surface area contributed by atoms with E-state index >= 15 is 0 Å². The first-order valence-electron chi connectivity index (χ1n) is 6.57. The first-order valence-corrected chi connectivity index (χ1v) is 6.98. The summed E-state index contributed by atoms with van der Waals surface area (Å²) in [6, 6.07) is 9.76. The summed E-state index contributed by atoms with van der Waals surface area (Å²) >= 11 is 5.19. The predicted molar refractivity (Wildman–Crippen MR) is 83.8 cm³/mol. The maximum atomic E-state index is 5.34. The van der Waals surface area contributed by atoms with Crippen LogP contribution in [0.2, 0.25) is 0 Å². The van der Waals surface area contributed by atoms with Crippen LogP contribution in [0.25, 0.3) is 0 Å². The fourth-order valence-corrected chi connectivity index (χ4v) is 2.10. The quantitative estimate of drug-likeness (QED) is 0.820.